The summed E-state index contributed by atoms with van der Waals surface area (Å²) in [7, 11) is 3.59. The molecule has 3 heterocycles. The molecule has 0 atom stereocenters. The highest BCUT2D eigenvalue weighted by atomic mass is 19.1. The van der Waals surface area contributed by atoms with Crippen molar-refractivity contribution in [3.63, 3.8) is 0 Å². The Morgan fingerprint density at radius 1 is 1.12 bits per heavy atom. The Balaban J connectivity index is 1.42. The number of hydrogen-bond acceptors (Lipinski definition) is 6. The lowest BCUT2D eigenvalue weighted by Crippen LogP contribution is -2.44. The molecule has 0 unspecified atom stereocenters. The number of amides is 1. The van der Waals surface area contributed by atoms with Crippen LogP contribution in [0.4, 0.5) is 15.9 Å². The average molecular weight is 461 g/mol. The molecule has 0 bridgehead atoms. The Morgan fingerprint density at radius 2 is 1.91 bits per heavy atom. The number of likely N-dealkylation sites (N-methyl/N-ethyl adjacent to an activating group) is 1. The van der Waals surface area contributed by atoms with Crippen LogP contribution >= 0.6 is 0 Å². The van der Waals surface area contributed by atoms with Crippen molar-refractivity contribution >= 4 is 28.3 Å². The second-order valence-corrected chi connectivity index (χ2v) is 8.30. The maximum atomic E-state index is 14.6. The summed E-state index contributed by atoms with van der Waals surface area (Å²) in [4.78, 5) is 22.0. The molecule has 5 rings (SSSR count). The van der Waals surface area contributed by atoms with E-state index in [9.17, 15) is 9.18 Å². The molecule has 4 aromatic rings. The van der Waals surface area contributed by atoms with Crippen LogP contribution in [0, 0.1) is 5.82 Å². The van der Waals surface area contributed by atoms with Gasteiger partial charge in [0.05, 0.1) is 30.1 Å². The van der Waals surface area contributed by atoms with Crippen molar-refractivity contribution < 1.29 is 13.9 Å². The number of rotatable bonds is 5. The summed E-state index contributed by atoms with van der Waals surface area (Å²) in [5.41, 5.74) is 2.82. The van der Waals surface area contributed by atoms with Gasteiger partial charge in [-0.1, -0.05) is 12.1 Å². The van der Waals surface area contributed by atoms with Gasteiger partial charge in [0.15, 0.2) is 5.82 Å². The molecule has 0 spiro atoms. The maximum absolute atomic E-state index is 14.6. The number of carbonyl (C=O) groups excluding carboxylic acids is 1. The lowest BCUT2D eigenvalue weighted by molar-refractivity contribution is 0.102. The number of nitrogens with one attached hydrogen (secondary N) is 2. The van der Waals surface area contributed by atoms with Gasteiger partial charge in [0.1, 0.15) is 11.6 Å². The van der Waals surface area contributed by atoms with E-state index in [1.54, 1.807) is 30.5 Å². The number of aromatic nitrogens is 3. The monoisotopic (exact) mass is 460 g/mol. The number of anilines is 2. The maximum Gasteiger partial charge on any atom is 0.256 e. The SMILES string of the molecule is COc1cccc(F)c1-c1cc2c(NC(=O)c3cccc(N4CCN(C)CC4)c3)n[nH]c2cn1. The fourth-order valence-corrected chi connectivity index (χ4v) is 4.16. The molecule has 0 saturated carbocycles. The number of pyridine rings is 1. The normalized spacial score (nSPS) is 14.4. The van der Waals surface area contributed by atoms with E-state index in [-0.39, 0.29) is 11.5 Å². The lowest BCUT2D eigenvalue weighted by atomic mass is 10.1. The van der Waals surface area contributed by atoms with Crippen molar-refractivity contribution in [2.75, 3.05) is 50.6 Å². The van der Waals surface area contributed by atoms with Gasteiger partial charge in [-0.3, -0.25) is 14.9 Å². The lowest BCUT2D eigenvalue weighted by Gasteiger charge is -2.34. The Hall–Kier alpha value is -3.98. The van der Waals surface area contributed by atoms with Crippen molar-refractivity contribution in [2.45, 2.75) is 0 Å². The molecule has 8 nitrogen and oxygen atoms in total. The van der Waals surface area contributed by atoms with Crippen LogP contribution in [0.15, 0.2) is 54.7 Å². The highest BCUT2D eigenvalue weighted by Crippen LogP contribution is 2.33. The number of fused-ring (bicyclic) bond motifs is 1. The Kier molecular flexibility index (Phi) is 5.85. The van der Waals surface area contributed by atoms with E-state index >= 15 is 0 Å². The highest BCUT2D eigenvalue weighted by Gasteiger charge is 2.18. The van der Waals surface area contributed by atoms with E-state index in [0.29, 0.717) is 33.7 Å². The number of H-pyrrole nitrogens is 1. The molecule has 1 amide bonds. The fourth-order valence-electron chi connectivity index (χ4n) is 4.16. The van der Waals surface area contributed by atoms with Gasteiger partial charge in [-0.2, -0.15) is 5.10 Å². The van der Waals surface area contributed by atoms with Gasteiger partial charge >= 0.3 is 0 Å². The van der Waals surface area contributed by atoms with Crippen molar-refractivity contribution in [1.29, 1.82) is 0 Å². The third-order valence-electron chi connectivity index (χ3n) is 6.11. The summed E-state index contributed by atoms with van der Waals surface area (Å²) < 4.78 is 19.9. The second kappa shape index (κ2) is 9.11. The first-order valence-corrected chi connectivity index (χ1v) is 11.1. The molecular formula is C25H25FN6O2. The quantitative estimate of drug-likeness (QED) is 0.472. The molecule has 0 radical (unpaired) electrons. The summed E-state index contributed by atoms with van der Waals surface area (Å²) in [5, 5.41) is 10.6. The van der Waals surface area contributed by atoms with Gasteiger partial charge < -0.3 is 19.9 Å². The van der Waals surface area contributed by atoms with Crippen LogP contribution in [0.25, 0.3) is 22.2 Å². The standard InChI is InChI=1S/C25H25FN6O2/c1-31-9-11-32(12-10-31)17-6-3-5-16(13-17)25(33)28-24-18-14-20(27-15-21(18)29-30-24)23-19(26)7-4-8-22(23)34-2/h3-8,13-15H,9-12H2,1-2H3,(H2,28,29,30,33). The third-order valence-corrected chi connectivity index (χ3v) is 6.11. The summed E-state index contributed by atoms with van der Waals surface area (Å²) in [6.45, 7) is 3.80. The number of methoxy groups -OCH3 is 1. The molecule has 2 aromatic carbocycles. The van der Waals surface area contributed by atoms with E-state index in [4.69, 9.17) is 4.74 Å². The molecule has 1 fully saturated rings. The Bertz CT molecular complexity index is 1350. The van der Waals surface area contributed by atoms with Crippen molar-refractivity contribution in [3.8, 4) is 17.0 Å². The zero-order chi connectivity index (χ0) is 23.7. The molecule has 2 N–H and O–H groups in total. The zero-order valence-electron chi connectivity index (χ0n) is 19.0. The fraction of sp³-hybridized carbons (Fsp3) is 0.240. The summed E-state index contributed by atoms with van der Waals surface area (Å²) in [6, 6.07) is 13.9. The van der Waals surface area contributed by atoms with Gasteiger partial charge in [0.25, 0.3) is 5.91 Å². The molecule has 174 valence electrons. The molecule has 9 heteroatoms. The Labute approximate surface area is 196 Å². The van der Waals surface area contributed by atoms with E-state index in [1.165, 1.54) is 13.2 Å². The molecule has 1 saturated heterocycles. The second-order valence-electron chi connectivity index (χ2n) is 8.30. The molecule has 0 aliphatic carbocycles. The van der Waals surface area contributed by atoms with Crippen LogP contribution in [0.3, 0.4) is 0 Å². The predicted molar refractivity (Wildman–Crippen MR) is 130 cm³/mol. The Morgan fingerprint density at radius 3 is 2.71 bits per heavy atom. The number of hydrogen-bond donors (Lipinski definition) is 2. The van der Waals surface area contributed by atoms with Crippen molar-refractivity contribution in [3.05, 3.63) is 66.1 Å². The van der Waals surface area contributed by atoms with Crippen molar-refractivity contribution in [2.24, 2.45) is 0 Å². The van der Waals surface area contributed by atoms with Crippen LogP contribution in [0.5, 0.6) is 5.75 Å². The largest absolute Gasteiger partial charge is 0.496 e. The number of carbonyl (C=O) groups is 1. The highest BCUT2D eigenvalue weighted by molar-refractivity contribution is 6.08. The van der Waals surface area contributed by atoms with E-state index in [1.807, 2.05) is 18.2 Å². The number of benzene rings is 2. The molecule has 1 aliphatic rings. The predicted octanol–water partition coefficient (Wildman–Crippen LogP) is 3.78. The van der Waals surface area contributed by atoms with Gasteiger partial charge in [0.2, 0.25) is 0 Å². The summed E-state index contributed by atoms with van der Waals surface area (Å²) in [5.74, 6) is 0.0119. The minimum atomic E-state index is -0.444. The van der Waals surface area contributed by atoms with Gasteiger partial charge in [-0.15, -0.1) is 0 Å². The first kappa shape index (κ1) is 21.8. The zero-order valence-corrected chi connectivity index (χ0v) is 19.0. The smallest absolute Gasteiger partial charge is 0.256 e. The summed E-state index contributed by atoms with van der Waals surface area (Å²) >= 11 is 0. The number of halogens is 1. The minimum Gasteiger partial charge on any atom is -0.496 e. The van der Waals surface area contributed by atoms with Gasteiger partial charge in [-0.25, -0.2) is 4.39 Å². The van der Waals surface area contributed by atoms with E-state index in [0.717, 1.165) is 31.9 Å². The molecule has 2 aromatic heterocycles. The minimum absolute atomic E-state index is 0.255. The number of nitrogens with zero attached hydrogens (tertiary/aromatic N) is 4. The first-order valence-electron chi connectivity index (χ1n) is 11.1. The van der Waals surface area contributed by atoms with Crippen molar-refractivity contribution in [1.82, 2.24) is 20.1 Å². The van der Waals surface area contributed by atoms with E-state index < -0.39 is 5.82 Å². The van der Waals surface area contributed by atoms with E-state index in [2.05, 4.69) is 37.3 Å². The third kappa shape index (κ3) is 4.17. The van der Waals surface area contributed by atoms with Gasteiger partial charge in [0, 0.05) is 42.8 Å². The number of aromatic amines is 1. The number of piperazine rings is 1. The van der Waals surface area contributed by atoms with Crippen LogP contribution < -0.4 is 15.0 Å². The van der Waals surface area contributed by atoms with Crippen LogP contribution in [-0.4, -0.2) is 66.3 Å². The topological polar surface area (TPSA) is 86.4 Å². The molecule has 34 heavy (non-hydrogen) atoms. The van der Waals surface area contributed by atoms with Crippen LogP contribution in [0.1, 0.15) is 10.4 Å². The average Bonchev–Trinajstić information content (AvgIpc) is 3.26. The first-order chi connectivity index (χ1) is 16.5. The van der Waals surface area contributed by atoms with Crippen LogP contribution in [0.2, 0.25) is 0 Å². The molecular weight excluding hydrogens is 435 g/mol. The molecule has 1 aliphatic heterocycles. The van der Waals surface area contributed by atoms with Gasteiger partial charge in [-0.05, 0) is 43.4 Å². The summed E-state index contributed by atoms with van der Waals surface area (Å²) in [6.07, 6.45) is 1.56. The van der Waals surface area contributed by atoms with Crippen LogP contribution in [-0.2, 0) is 0 Å². The number of ether oxygens (including phenoxy) is 1.